The van der Waals surface area contributed by atoms with E-state index in [0.29, 0.717) is 11.3 Å². The lowest BCUT2D eigenvalue weighted by Gasteiger charge is -2.50. The van der Waals surface area contributed by atoms with Gasteiger partial charge in [-0.1, -0.05) is 0 Å². The summed E-state index contributed by atoms with van der Waals surface area (Å²) in [5.41, 5.74) is 2.47. The Balaban J connectivity index is 0.00000264. The highest BCUT2D eigenvalue weighted by Crippen LogP contribution is 2.53. The third-order valence-corrected chi connectivity index (χ3v) is 9.02. The predicted molar refractivity (Wildman–Crippen MR) is 167 cm³/mol. The molecule has 0 aromatic heterocycles. The maximum atomic E-state index is 14.1. The van der Waals surface area contributed by atoms with Gasteiger partial charge in [-0.15, -0.1) is 24.8 Å². The van der Waals surface area contributed by atoms with E-state index in [2.05, 4.69) is 5.32 Å². The molecule has 2 amide bonds. The summed E-state index contributed by atoms with van der Waals surface area (Å²) in [6, 6.07) is 0.530. The van der Waals surface area contributed by atoms with Gasteiger partial charge in [-0.2, -0.15) is 0 Å². The molecule has 13 nitrogen and oxygen atoms in total. The molecule has 5 rings (SSSR count). The van der Waals surface area contributed by atoms with Crippen LogP contribution in [0.25, 0.3) is 0 Å². The van der Waals surface area contributed by atoms with Crippen molar-refractivity contribution in [1.82, 2.24) is 9.80 Å². The fraction of sp³-hybridized carbons (Fsp3) is 0.517. The number of allylic oxidation sites excluding steroid dienone is 1. The summed E-state index contributed by atoms with van der Waals surface area (Å²) in [6.45, 7) is 1.71. The van der Waals surface area contributed by atoms with Gasteiger partial charge in [0.05, 0.1) is 23.8 Å². The van der Waals surface area contributed by atoms with Crippen LogP contribution in [0.15, 0.2) is 28.7 Å². The Morgan fingerprint density at radius 1 is 1.09 bits per heavy atom. The number of fused-ring (bicyclic) bond motifs is 3. The van der Waals surface area contributed by atoms with E-state index in [1.54, 1.807) is 39.2 Å². The van der Waals surface area contributed by atoms with Crippen LogP contribution < -0.4 is 16.0 Å². The third kappa shape index (κ3) is 5.30. The number of nitrogens with zero attached hydrogens (tertiary/aromatic N) is 3. The highest BCUT2D eigenvalue weighted by Gasteiger charge is 2.63. The summed E-state index contributed by atoms with van der Waals surface area (Å²) in [4.78, 5) is 57.8. The Morgan fingerprint density at radius 2 is 1.70 bits per heavy atom. The minimum Gasteiger partial charge on any atom is -0.510 e. The minimum atomic E-state index is -2.72. The van der Waals surface area contributed by atoms with Gasteiger partial charge in [-0.05, 0) is 70.4 Å². The number of likely N-dealkylation sites (N-methyl/N-ethyl adjacent to an activating group) is 1. The Labute approximate surface area is 267 Å². The van der Waals surface area contributed by atoms with Gasteiger partial charge >= 0.3 is 0 Å². The van der Waals surface area contributed by atoms with Crippen molar-refractivity contribution in [3.05, 3.63) is 39.9 Å². The van der Waals surface area contributed by atoms with Gasteiger partial charge in [-0.3, -0.25) is 29.0 Å². The first kappa shape index (κ1) is 35.1. The summed E-state index contributed by atoms with van der Waals surface area (Å²) in [7, 11) is 6.67. The van der Waals surface area contributed by atoms with E-state index in [-0.39, 0.29) is 66.9 Å². The molecule has 1 heterocycles. The number of hydrogen-bond acceptors (Lipinski definition) is 11. The van der Waals surface area contributed by atoms with Gasteiger partial charge in [0.2, 0.25) is 11.7 Å². The van der Waals surface area contributed by atoms with Crippen LogP contribution in [0.2, 0.25) is 0 Å². The largest absolute Gasteiger partial charge is 0.510 e. The average molecular weight is 657 g/mol. The number of likely N-dealkylation sites (tertiary alicyclic amines) is 1. The van der Waals surface area contributed by atoms with Crippen LogP contribution in [-0.2, 0) is 20.8 Å². The number of rotatable bonds is 6. The van der Waals surface area contributed by atoms with Crippen LogP contribution in [0, 0.1) is 11.8 Å². The summed E-state index contributed by atoms with van der Waals surface area (Å²) < 4.78 is 0. The Morgan fingerprint density at radius 3 is 2.25 bits per heavy atom. The van der Waals surface area contributed by atoms with Crippen molar-refractivity contribution in [2.24, 2.45) is 17.6 Å². The van der Waals surface area contributed by atoms with Crippen LogP contribution in [0.3, 0.4) is 0 Å². The van der Waals surface area contributed by atoms with Crippen molar-refractivity contribution in [3.63, 3.8) is 0 Å². The highest BCUT2D eigenvalue weighted by molar-refractivity contribution is 6.25. The van der Waals surface area contributed by atoms with Gasteiger partial charge < -0.3 is 36.4 Å². The number of primary amides is 1. The summed E-state index contributed by atoms with van der Waals surface area (Å²) in [6.07, 6.45) is 2.14. The first-order chi connectivity index (χ1) is 19.7. The Bertz CT molecular complexity index is 1470. The number of aliphatic hydroxyl groups is 3. The van der Waals surface area contributed by atoms with Crippen LogP contribution in [-0.4, -0.2) is 113 Å². The second kappa shape index (κ2) is 12.6. The molecule has 4 aliphatic rings. The normalized spacial score (nSPS) is 26.4. The smallest absolute Gasteiger partial charge is 0.255 e. The lowest BCUT2D eigenvalue weighted by Crippen LogP contribution is -2.63. The van der Waals surface area contributed by atoms with Crippen molar-refractivity contribution in [2.75, 3.05) is 58.0 Å². The van der Waals surface area contributed by atoms with Gasteiger partial charge in [-0.25, -0.2) is 0 Å². The van der Waals surface area contributed by atoms with E-state index in [1.165, 1.54) is 4.90 Å². The van der Waals surface area contributed by atoms with Gasteiger partial charge in [0.1, 0.15) is 17.1 Å². The van der Waals surface area contributed by atoms with Crippen molar-refractivity contribution in [2.45, 2.75) is 37.3 Å². The number of Topliss-reactive ketones (excluding diaryl/α,β-unsaturated/α-hetero) is 2. The van der Waals surface area contributed by atoms with E-state index in [0.717, 1.165) is 25.9 Å². The number of benzene rings is 1. The molecule has 4 atom stereocenters. The molecule has 0 bridgehead atoms. The SMILES string of the molecule is CN(C)c1cc(NC(=O)CN2CCCC2)c(O)c2c1CC1CC3[C@H](N(C)C)C(O)=C(C(N)=O)C(=O)[C@@]3(O)C(O)=C1C2=O.Cl.Cl. The maximum absolute atomic E-state index is 14.1. The molecule has 1 aromatic carbocycles. The number of carbonyl (C=O) groups excluding carboxylic acids is 4. The second-order valence-electron chi connectivity index (χ2n) is 12.0. The molecule has 1 aromatic rings. The average Bonchev–Trinajstić information content (AvgIpc) is 3.40. The van der Waals surface area contributed by atoms with E-state index in [4.69, 9.17) is 5.73 Å². The standard InChI is InChI=1S/C29H37N5O8.2ClH/c1-32(2)17-11-16(31-18(35)12-34-7-5-6-8-34)23(36)20-14(17)9-13-10-15-22(33(3)4)25(38)21(28(30)41)27(40)29(15,42)26(39)19(13)24(20)37;;/h11,13,15,22,36,38-39,42H,5-10,12H2,1-4H3,(H2,30,41)(H,31,35);2*1H/t13?,15?,22-,29-;;/m0../s1. The molecule has 242 valence electrons. The van der Waals surface area contributed by atoms with E-state index in [9.17, 15) is 39.6 Å². The molecule has 3 aliphatic carbocycles. The fourth-order valence-corrected chi connectivity index (χ4v) is 7.13. The number of anilines is 2. The van der Waals surface area contributed by atoms with Crippen molar-refractivity contribution in [1.29, 1.82) is 0 Å². The highest BCUT2D eigenvalue weighted by atomic mass is 35.5. The molecule has 1 saturated heterocycles. The molecule has 44 heavy (non-hydrogen) atoms. The molecule has 0 radical (unpaired) electrons. The number of ketones is 2. The Hall–Kier alpha value is -3.36. The molecule has 2 unspecified atom stereocenters. The van der Waals surface area contributed by atoms with E-state index in [1.807, 2.05) is 4.90 Å². The molecule has 0 saturated carbocycles. The van der Waals surface area contributed by atoms with Crippen molar-refractivity contribution >= 4 is 59.6 Å². The first-order valence-corrected chi connectivity index (χ1v) is 13.9. The van der Waals surface area contributed by atoms with Crippen LogP contribution in [0.1, 0.15) is 35.2 Å². The number of halogens is 2. The quantitative estimate of drug-likeness (QED) is 0.189. The third-order valence-electron chi connectivity index (χ3n) is 9.02. The van der Waals surface area contributed by atoms with Gasteiger partial charge in [0.25, 0.3) is 5.91 Å². The minimum absolute atomic E-state index is 0. The Kier molecular flexibility index (Phi) is 10.0. The second-order valence-corrected chi connectivity index (χ2v) is 12.0. The van der Waals surface area contributed by atoms with E-state index >= 15 is 0 Å². The summed E-state index contributed by atoms with van der Waals surface area (Å²) in [5.74, 6) is -7.58. The van der Waals surface area contributed by atoms with Crippen LogP contribution in [0.4, 0.5) is 11.4 Å². The maximum Gasteiger partial charge on any atom is 0.255 e. The number of aliphatic hydroxyl groups excluding tert-OH is 2. The molecule has 1 fully saturated rings. The monoisotopic (exact) mass is 655 g/mol. The van der Waals surface area contributed by atoms with Crippen LogP contribution >= 0.6 is 24.8 Å². The topological polar surface area (TPSA) is 197 Å². The molecule has 15 heteroatoms. The van der Waals surface area contributed by atoms with Gasteiger partial charge in [0, 0.05) is 31.3 Å². The predicted octanol–water partition coefficient (Wildman–Crippen LogP) is 1.06. The number of amides is 2. The number of phenols is 1. The molecular weight excluding hydrogens is 617 g/mol. The number of nitrogens with two attached hydrogens (primary N) is 1. The van der Waals surface area contributed by atoms with E-state index < -0.39 is 63.8 Å². The van der Waals surface area contributed by atoms with Gasteiger partial charge in [0.15, 0.2) is 17.1 Å². The zero-order valence-corrected chi connectivity index (χ0v) is 26.5. The lowest BCUT2D eigenvalue weighted by atomic mass is 9.58. The van der Waals surface area contributed by atoms with Crippen molar-refractivity contribution in [3.8, 4) is 5.75 Å². The molecule has 0 spiro atoms. The summed E-state index contributed by atoms with van der Waals surface area (Å²) in [5, 5.41) is 48.2. The zero-order valence-electron chi connectivity index (χ0n) is 24.9. The number of aromatic hydroxyl groups is 1. The number of carbonyl (C=O) groups is 4. The molecular formula is C29H39Cl2N5O8. The first-order valence-electron chi connectivity index (χ1n) is 13.9. The van der Waals surface area contributed by atoms with Crippen molar-refractivity contribution < 1.29 is 39.6 Å². The van der Waals surface area contributed by atoms with Crippen LogP contribution in [0.5, 0.6) is 5.75 Å². The summed E-state index contributed by atoms with van der Waals surface area (Å²) >= 11 is 0. The fourth-order valence-electron chi connectivity index (χ4n) is 7.13. The lowest BCUT2D eigenvalue weighted by molar-refractivity contribution is -0.148. The number of hydrogen-bond donors (Lipinski definition) is 6. The number of nitrogens with one attached hydrogen (secondary N) is 1. The number of phenolic OH excluding ortho intramolecular Hbond substituents is 1. The molecule has 7 N–H and O–H groups in total. The molecule has 1 aliphatic heterocycles. The zero-order chi connectivity index (χ0) is 30.8.